The van der Waals surface area contributed by atoms with E-state index in [0.717, 1.165) is 34.4 Å². The van der Waals surface area contributed by atoms with Crippen molar-refractivity contribution in [2.45, 2.75) is 52.0 Å². The summed E-state index contributed by atoms with van der Waals surface area (Å²) in [5.74, 6) is 1.23. The van der Waals surface area contributed by atoms with Gasteiger partial charge in [0.2, 0.25) is 0 Å². The minimum atomic E-state index is -0.770. The molecule has 1 atom stereocenters. The van der Waals surface area contributed by atoms with Crippen LogP contribution in [-0.4, -0.2) is 26.8 Å². The fourth-order valence-corrected chi connectivity index (χ4v) is 5.50. The Kier molecular flexibility index (Phi) is 4.40. The van der Waals surface area contributed by atoms with Gasteiger partial charge in [0.1, 0.15) is 15.7 Å². The lowest BCUT2D eigenvalue weighted by Gasteiger charge is -2.20. The van der Waals surface area contributed by atoms with Crippen LogP contribution in [0, 0.1) is 18.3 Å². The highest BCUT2D eigenvalue weighted by Crippen LogP contribution is 2.41. The number of aryl methyl sites for hydroxylation is 2. The molecule has 1 aliphatic rings. The zero-order valence-electron chi connectivity index (χ0n) is 14.0. The number of rotatable bonds is 4. The molecular weight excluding hydrogens is 328 g/mol. The van der Waals surface area contributed by atoms with E-state index in [1.54, 1.807) is 36.9 Å². The van der Waals surface area contributed by atoms with Crippen molar-refractivity contribution in [3.8, 4) is 0 Å². The van der Waals surface area contributed by atoms with Crippen LogP contribution in [0.3, 0.4) is 0 Å². The Balaban J connectivity index is 2.01. The molecule has 2 heterocycles. The van der Waals surface area contributed by atoms with Gasteiger partial charge < -0.3 is 5.11 Å². The summed E-state index contributed by atoms with van der Waals surface area (Å²) < 4.78 is 0. The zero-order chi connectivity index (χ0) is 16.8. The molecule has 1 aliphatic carbocycles. The molecule has 0 radical (unpaired) electrons. The summed E-state index contributed by atoms with van der Waals surface area (Å²) in [5.41, 5.74) is 0.638. The maximum atomic E-state index is 11.3. The highest BCUT2D eigenvalue weighted by atomic mass is 32.2. The third-order valence-electron chi connectivity index (χ3n) is 4.38. The average molecular weight is 351 g/mol. The second-order valence-electron chi connectivity index (χ2n) is 7.09. The first-order chi connectivity index (χ1) is 10.8. The van der Waals surface area contributed by atoms with Crippen molar-refractivity contribution in [1.82, 2.24) is 9.97 Å². The quantitative estimate of drug-likeness (QED) is 0.657. The molecule has 124 valence electrons. The maximum absolute atomic E-state index is 11.3. The third-order valence-corrected chi connectivity index (χ3v) is 6.97. The van der Waals surface area contributed by atoms with E-state index in [9.17, 15) is 9.90 Å². The highest BCUT2D eigenvalue weighted by Gasteiger charge is 2.29. The van der Waals surface area contributed by atoms with E-state index in [1.807, 2.05) is 6.92 Å². The van der Waals surface area contributed by atoms with Gasteiger partial charge >= 0.3 is 5.97 Å². The minimum Gasteiger partial charge on any atom is -0.481 e. The summed E-state index contributed by atoms with van der Waals surface area (Å²) in [6.07, 6.45) is 3.41. The predicted octanol–water partition coefficient (Wildman–Crippen LogP) is 4.33. The first kappa shape index (κ1) is 16.7. The van der Waals surface area contributed by atoms with Gasteiger partial charge in [0.25, 0.3) is 0 Å². The maximum Gasteiger partial charge on any atom is 0.309 e. The molecule has 0 amide bonds. The second-order valence-corrected chi connectivity index (χ2v) is 9.13. The summed E-state index contributed by atoms with van der Waals surface area (Å²) in [7, 11) is 0. The first-order valence-corrected chi connectivity index (χ1v) is 9.73. The van der Waals surface area contributed by atoms with Crippen LogP contribution < -0.4 is 0 Å². The van der Waals surface area contributed by atoms with E-state index < -0.39 is 11.4 Å². The minimum absolute atomic E-state index is 0.509. The number of aromatic nitrogens is 2. The molecule has 0 aromatic carbocycles. The van der Waals surface area contributed by atoms with Crippen molar-refractivity contribution >= 4 is 39.3 Å². The van der Waals surface area contributed by atoms with Gasteiger partial charge in [-0.05, 0) is 51.5 Å². The van der Waals surface area contributed by atoms with Gasteiger partial charge in [-0.15, -0.1) is 23.1 Å². The molecule has 0 fully saturated rings. The third kappa shape index (κ3) is 3.24. The zero-order valence-corrected chi connectivity index (χ0v) is 15.6. The molecule has 0 aliphatic heterocycles. The Labute approximate surface area is 144 Å². The summed E-state index contributed by atoms with van der Waals surface area (Å²) in [6.45, 7) is 7.74. The monoisotopic (exact) mass is 350 g/mol. The number of thiophene rings is 1. The van der Waals surface area contributed by atoms with Crippen LogP contribution in [-0.2, 0) is 17.6 Å². The number of aliphatic carboxylic acids is 1. The van der Waals surface area contributed by atoms with Crippen molar-refractivity contribution < 1.29 is 9.90 Å². The summed E-state index contributed by atoms with van der Waals surface area (Å²) >= 11 is 3.34. The summed E-state index contributed by atoms with van der Waals surface area (Å²) in [6, 6.07) is 0. The lowest BCUT2D eigenvalue weighted by molar-refractivity contribution is -0.145. The number of hydrogen-bond acceptors (Lipinski definition) is 5. The van der Waals surface area contributed by atoms with Gasteiger partial charge in [-0.2, -0.15) is 0 Å². The number of nitrogens with zero attached hydrogens (tertiary/aromatic N) is 2. The van der Waals surface area contributed by atoms with Crippen LogP contribution in [0.25, 0.3) is 10.2 Å². The number of carboxylic acids is 1. The second kappa shape index (κ2) is 6.06. The molecule has 1 N–H and O–H groups in total. The topological polar surface area (TPSA) is 63.1 Å². The van der Waals surface area contributed by atoms with Gasteiger partial charge in [-0.25, -0.2) is 9.97 Å². The van der Waals surface area contributed by atoms with Crippen molar-refractivity contribution in [1.29, 1.82) is 0 Å². The normalized spacial score (nSPS) is 18.2. The highest BCUT2D eigenvalue weighted by molar-refractivity contribution is 7.99. The van der Waals surface area contributed by atoms with Gasteiger partial charge in [-0.1, -0.05) is 6.92 Å². The van der Waals surface area contributed by atoms with Gasteiger partial charge in [0.15, 0.2) is 0 Å². The molecule has 4 nitrogen and oxygen atoms in total. The van der Waals surface area contributed by atoms with E-state index >= 15 is 0 Å². The number of fused-ring (bicyclic) bond motifs is 3. The van der Waals surface area contributed by atoms with E-state index in [2.05, 4.69) is 16.9 Å². The van der Waals surface area contributed by atoms with Crippen molar-refractivity contribution in [2.75, 3.05) is 5.75 Å². The Hall–Kier alpha value is -1.14. The number of carbonyl (C=O) groups is 1. The smallest absolute Gasteiger partial charge is 0.309 e. The van der Waals surface area contributed by atoms with E-state index in [1.165, 1.54) is 22.2 Å². The van der Waals surface area contributed by atoms with E-state index in [0.29, 0.717) is 5.75 Å². The SMILES string of the molecule is Cc1nc(SCC(C)(C)C(=O)O)c2c3c(sc2n1)CC(C)CC3. The van der Waals surface area contributed by atoms with Crippen LogP contribution in [0.2, 0.25) is 0 Å². The summed E-state index contributed by atoms with van der Waals surface area (Å²) in [5, 5.41) is 11.5. The molecule has 0 bridgehead atoms. The lowest BCUT2D eigenvalue weighted by atomic mass is 9.89. The predicted molar refractivity (Wildman–Crippen MR) is 95.5 cm³/mol. The molecular formula is C17H22N2O2S2. The molecule has 23 heavy (non-hydrogen) atoms. The van der Waals surface area contributed by atoms with Crippen LogP contribution in [0.1, 0.15) is 43.5 Å². The standard InChI is InChI=1S/C17H22N2O2S2/c1-9-5-6-11-12(7-9)23-15-13(11)14(18-10(2)19-15)22-8-17(3,4)16(20)21/h9H,5-8H2,1-4H3,(H,20,21). The van der Waals surface area contributed by atoms with Crippen LogP contribution >= 0.6 is 23.1 Å². The Morgan fingerprint density at radius 2 is 2.17 bits per heavy atom. The van der Waals surface area contributed by atoms with Crippen LogP contribution in [0.4, 0.5) is 0 Å². The molecule has 0 spiro atoms. The first-order valence-electron chi connectivity index (χ1n) is 7.93. The number of carboxylic acid groups (broad SMARTS) is 1. The van der Waals surface area contributed by atoms with Crippen molar-refractivity contribution in [3.63, 3.8) is 0 Å². The molecule has 6 heteroatoms. The molecule has 2 aromatic rings. The van der Waals surface area contributed by atoms with Gasteiger partial charge in [-0.3, -0.25) is 4.79 Å². The fourth-order valence-electron chi connectivity index (χ4n) is 2.83. The van der Waals surface area contributed by atoms with Gasteiger partial charge in [0, 0.05) is 16.0 Å². The molecule has 0 saturated carbocycles. The largest absolute Gasteiger partial charge is 0.481 e. The van der Waals surface area contributed by atoms with E-state index in [-0.39, 0.29) is 0 Å². The van der Waals surface area contributed by atoms with Crippen molar-refractivity contribution in [2.24, 2.45) is 11.3 Å². The Morgan fingerprint density at radius 1 is 1.43 bits per heavy atom. The van der Waals surface area contributed by atoms with Crippen LogP contribution in [0.5, 0.6) is 0 Å². The molecule has 2 aromatic heterocycles. The number of thioether (sulfide) groups is 1. The fraction of sp³-hybridized carbons (Fsp3) is 0.588. The molecule has 0 saturated heterocycles. The van der Waals surface area contributed by atoms with Gasteiger partial charge in [0.05, 0.1) is 5.41 Å². The summed E-state index contributed by atoms with van der Waals surface area (Å²) in [4.78, 5) is 23.1. The average Bonchev–Trinajstić information content (AvgIpc) is 2.81. The molecule has 1 unspecified atom stereocenters. The van der Waals surface area contributed by atoms with E-state index in [4.69, 9.17) is 0 Å². The molecule has 3 rings (SSSR count). The number of hydrogen-bond donors (Lipinski definition) is 1. The lowest BCUT2D eigenvalue weighted by Crippen LogP contribution is -2.26. The Morgan fingerprint density at radius 3 is 2.87 bits per heavy atom. The van der Waals surface area contributed by atoms with Crippen LogP contribution in [0.15, 0.2) is 5.03 Å². The van der Waals surface area contributed by atoms with Crippen molar-refractivity contribution in [3.05, 3.63) is 16.3 Å². The Bertz CT molecular complexity index is 768.